The maximum absolute atomic E-state index is 6.00. The van der Waals surface area contributed by atoms with E-state index in [1.54, 1.807) is 7.11 Å². The fraction of sp³-hybridized carbons (Fsp3) is 0.308. The molecule has 3 heterocycles. The number of hydrogen-bond acceptors (Lipinski definition) is 6. The molecule has 0 atom stereocenters. The Bertz CT molecular complexity index is 1200. The van der Waals surface area contributed by atoms with E-state index in [1.807, 2.05) is 53.0 Å². The van der Waals surface area contributed by atoms with Crippen molar-refractivity contribution in [1.29, 1.82) is 0 Å². The van der Waals surface area contributed by atoms with E-state index in [1.165, 1.54) is 0 Å². The lowest BCUT2D eigenvalue weighted by molar-refractivity contribution is 0.0322. The number of morpholine rings is 1. The first-order valence-electron chi connectivity index (χ1n) is 11.3. The Morgan fingerprint density at radius 3 is 2.58 bits per heavy atom. The van der Waals surface area contributed by atoms with Gasteiger partial charge in [-0.25, -0.2) is 9.50 Å². The largest absolute Gasteiger partial charge is 0.497 e. The molecule has 1 saturated heterocycles. The minimum absolute atomic E-state index is 0.643. The summed E-state index contributed by atoms with van der Waals surface area (Å²) in [6.07, 6.45) is 0.643. The highest BCUT2D eigenvalue weighted by Gasteiger charge is 2.12. The molecule has 0 bridgehead atoms. The zero-order valence-corrected chi connectivity index (χ0v) is 18.8. The summed E-state index contributed by atoms with van der Waals surface area (Å²) in [5.41, 5.74) is 4.01. The van der Waals surface area contributed by atoms with Crippen LogP contribution in [0.25, 0.3) is 16.9 Å². The highest BCUT2D eigenvalue weighted by atomic mass is 16.5. The summed E-state index contributed by atoms with van der Waals surface area (Å²) in [5, 5.41) is 4.79. The number of rotatable bonds is 8. The Morgan fingerprint density at radius 2 is 1.76 bits per heavy atom. The topological polar surface area (TPSA) is 61.1 Å². The van der Waals surface area contributed by atoms with Gasteiger partial charge in [0.2, 0.25) is 0 Å². The van der Waals surface area contributed by atoms with Crippen LogP contribution in [0.4, 0.5) is 0 Å². The maximum Gasteiger partial charge on any atom is 0.156 e. The van der Waals surface area contributed by atoms with E-state index in [2.05, 4.69) is 23.1 Å². The minimum Gasteiger partial charge on any atom is -0.497 e. The van der Waals surface area contributed by atoms with E-state index < -0.39 is 0 Å². The first-order valence-corrected chi connectivity index (χ1v) is 11.3. The first-order chi connectivity index (χ1) is 16.3. The molecule has 0 radical (unpaired) electrons. The van der Waals surface area contributed by atoms with Gasteiger partial charge in [-0.1, -0.05) is 18.2 Å². The van der Waals surface area contributed by atoms with Crippen molar-refractivity contribution < 1.29 is 14.2 Å². The number of fused-ring (bicyclic) bond motifs is 1. The van der Waals surface area contributed by atoms with Gasteiger partial charge in [-0.05, 0) is 54.1 Å². The van der Waals surface area contributed by atoms with E-state index in [9.17, 15) is 0 Å². The molecule has 7 heteroatoms. The Balaban J connectivity index is 1.28. The van der Waals surface area contributed by atoms with Crippen LogP contribution in [0.2, 0.25) is 0 Å². The van der Waals surface area contributed by atoms with Crippen molar-refractivity contribution in [3.8, 4) is 22.8 Å². The summed E-state index contributed by atoms with van der Waals surface area (Å²) in [4.78, 5) is 7.12. The standard InChI is InChI=1S/C26H28N4O3/c1-31-22-10-8-21(9-11-22)24-6-3-7-26-27-25(28-30(24)26)19-20-4-2-5-23(18-20)33-17-14-29-12-15-32-16-13-29/h2-11,18H,12-17,19H2,1H3. The quantitative estimate of drug-likeness (QED) is 0.413. The van der Waals surface area contributed by atoms with E-state index >= 15 is 0 Å². The molecule has 0 saturated carbocycles. The summed E-state index contributed by atoms with van der Waals surface area (Å²) in [5.74, 6) is 2.49. The van der Waals surface area contributed by atoms with Crippen molar-refractivity contribution in [1.82, 2.24) is 19.5 Å². The number of aromatic nitrogens is 3. The molecule has 1 aliphatic rings. The van der Waals surface area contributed by atoms with Gasteiger partial charge in [0.25, 0.3) is 0 Å². The fourth-order valence-corrected chi connectivity index (χ4v) is 4.05. The van der Waals surface area contributed by atoms with Gasteiger partial charge < -0.3 is 14.2 Å². The van der Waals surface area contributed by atoms with Crippen LogP contribution in [0, 0.1) is 0 Å². The normalized spacial score (nSPS) is 14.5. The molecule has 170 valence electrons. The molecule has 33 heavy (non-hydrogen) atoms. The molecule has 2 aromatic heterocycles. The van der Waals surface area contributed by atoms with Crippen LogP contribution >= 0.6 is 0 Å². The van der Waals surface area contributed by atoms with Crippen molar-refractivity contribution >= 4 is 5.65 Å². The molecule has 0 aliphatic carbocycles. The van der Waals surface area contributed by atoms with Crippen LogP contribution < -0.4 is 9.47 Å². The molecule has 7 nitrogen and oxygen atoms in total. The summed E-state index contributed by atoms with van der Waals surface area (Å²) >= 11 is 0. The van der Waals surface area contributed by atoms with Crippen LogP contribution in [-0.2, 0) is 11.2 Å². The molecule has 0 amide bonds. The lowest BCUT2D eigenvalue weighted by Crippen LogP contribution is -2.38. The van der Waals surface area contributed by atoms with Crippen molar-refractivity contribution in [2.45, 2.75) is 6.42 Å². The van der Waals surface area contributed by atoms with Gasteiger partial charge >= 0.3 is 0 Å². The summed E-state index contributed by atoms with van der Waals surface area (Å²) in [7, 11) is 1.67. The molecule has 4 aromatic rings. The molecule has 5 rings (SSSR count). The summed E-state index contributed by atoms with van der Waals surface area (Å²) in [6, 6.07) is 22.2. The fourth-order valence-electron chi connectivity index (χ4n) is 4.05. The third kappa shape index (κ3) is 5.16. The number of ether oxygens (including phenoxy) is 3. The molecule has 1 aliphatic heterocycles. The lowest BCUT2D eigenvalue weighted by atomic mass is 10.1. The zero-order chi connectivity index (χ0) is 22.5. The van der Waals surface area contributed by atoms with Crippen LogP contribution in [0.15, 0.2) is 66.7 Å². The monoisotopic (exact) mass is 444 g/mol. The predicted octanol–water partition coefficient (Wildman–Crippen LogP) is 3.71. The maximum atomic E-state index is 6.00. The van der Waals surface area contributed by atoms with Crippen LogP contribution in [0.1, 0.15) is 11.4 Å². The van der Waals surface area contributed by atoms with Crippen molar-refractivity contribution in [3.63, 3.8) is 0 Å². The Kier molecular flexibility index (Phi) is 6.51. The minimum atomic E-state index is 0.643. The van der Waals surface area contributed by atoms with E-state index in [4.69, 9.17) is 24.3 Å². The number of hydrogen-bond donors (Lipinski definition) is 0. The molecule has 0 spiro atoms. The Hall–Kier alpha value is -3.42. The predicted molar refractivity (Wildman–Crippen MR) is 127 cm³/mol. The van der Waals surface area contributed by atoms with Gasteiger partial charge in [0.15, 0.2) is 11.5 Å². The Morgan fingerprint density at radius 1 is 0.939 bits per heavy atom. The SMILES string of the molecule is COc1ccc(-c2cccc3nc(Cc4cccc(OCCN5CCOCC5)c4)nn23)cc1. The summed E-state index contributed by atoms with van der Waals surface area (Å²) in [6.45, 7) is 5.14. The van der Waals surface area contributed by atoms with Crippen LogP contribution in [0.3, 0.4) is 0 Å². The second kappa shape index (κ2) is 10.0. The Labute approximate surface area is 193 Å². The highest BCUT2D eigenvalue weighted by Crippen LogP contribution is 2.23. The molecular weight excluding hydrogens is 416 g/mol. The molecule has 2 aromatic carbocycles. The van der Waals surface area contributed by atoms with Crippen LogP contribution in [-0.4, -0.2) is 66.1 Å². The average molecular weight is 445 g/mol. The number of benzene rings is 2. The van der Waals surface area contributed by atoms with Gasteiger partial charge in [0.05, 0.1) is 26.0 Å². The third-order valence-electron chi connectivity index (χ3n) is 5.83. The third-order valence-corrected chi connectivity index (χ3v) is 5.83. The molecule has 0 unspecified atom stereocenters. The summed E-state index contributed by atoms with van der Waals surface area (Å²) < 4.78 is 18.6. The van der Waals surface area contributed by atoms with Gasteiger partial charge in [-0.15, -0.1) is 0 Å². The number of nitrogens with zero attached hydrogens (tertiary/aromatic N) is 4. The first kappa shape index (κ1) is 21.4. The van der Waals surface area contributed by atoms with E-state index in [0.717, 1.165) is 72.6 Å². The second-order valence-corrected chi connectivity index (χ2v) is 8.06. The smallest absolute Gasteiger partial charge is 0.156 e. The van der Waals surface area contributed by atoms with Gasteiger partial charge in [0, 0.05) is 31.6 Å². The second-order valence-electron chi connectivity index (χ2n) is 8.06. The highest BCUT2D eigenvalue weighted by molar-refractivity contribution is 5.63. The molecular formula is C26H28N4O3. The van der Waals surface area contributed by atoms with Crippen molar-refractivity contribution in [2.75, 3.05) is 46.6 Å². The van der Waals surface area contributed by atoms with Crippen molar-refractivity contribution in [3.05, 3.63) is 78.1 Å². The van der Waals surface area contributed by atoms with Crippen LogP contribution in [0.5, 0.6) is 11.5 Å². The lowest BCUT2D eigenvalue weighted by Gasteiger charge is -2.26. The van der Waals surface area contributed by atoms with Gasteiger partial charge in [-0.2, -0.15) is 5.10 Å². The zero-order valence-electron chi connectivity index (χ0n) is 18.8. The number of methoxy groups -OCH3 is 1. The van der Waals surface area contributed by atoms with E-state index in [0.29, 0.717) is 13.0 Å². The number of pyridine rings is 1. The van der Waals surface area contributed by atoms with Gasteiger partial charge in [0.1, 0.15) is 18.1 Å². The van der Waals surface area contributed by atoms with E-state index in [-0.39, 0.29) is 0 Å². The molecule has 0 N–H and O–H groups in total. The average Bonchev–Trinajstić information content (AvgIpc) is 3.27. The van der Waals surface area contributed by atoms with Crippen molar-refractivity contribution in [2.24, 2.45) is 0 Å². The van der Waals surface area contributed by atoms with Gasteiger partial charge in [-0.3, -0.25) is 4.90 Å². The molecule has 1 fully saturated rings.